The van der Waals surface area contributed by atoms with Crippen molar-refractivity contribution in [1.82, 2.24) is 9.97 Å². The van der Waals surface area contributed by atoms with E-state index in [2.05, 4.69) is 29.9 Å². The zero-order valence-corrected chi connectivity index (χ0v) is 16.6. The maximum absolute atomic E-state index is 12.6. The van der Waals surface area contributed by atoms with Gasteiger partial charge in [-0.05, 0) is 72.2 Å². The van der Waals surface area contributed by atoms with Gasteiger partial charge in [-0.2, -0.15) is 0 Å². The molecule has 148 valence electrons. The Balaban J connectivity index is 1.50. The van der Waals surface area contributed by atoms with Gasteiger partial charge in [-0.15, -0.1) is 0 Å². The fourth-order valence-corrected chi connectivity index (χ4v) is 7.76. The largest absolute Gasteiger partial charge is 0.481 e. The maximum Gasteiger partial charge on any atom is 0.314 e. The quantitative estimate of drug-likeness (QED) is 0.785. The van der Waals surface area contributed by atoms with Gasteiger partial charge in [0, 0.05) is 18.8 Å². The third kappa shape index (κ3) is 2.19. The zero-order valence-electron chi connectivity index (χ0n) is 16.6. The summed E-state index contributed by atoms with van der Waals surface area (Å²) >= 11 is 0. The lowest BCUT2D eigenvalue weighted by Crippen LogP contribution is -2.53. The number of hydrogen-bond donors (Lipinski definition) is 1. The van der Waals surface area contributed by atoms with E-state index in [0.29, 0.717) is 24.2 Å². The molecular formula is C23H28N2O3. The molecule has 28 heavy (non-hydrogen) atoms. The predicted octanol–water partition coefficient (Wildman–Crippen LogP) is 4.00. The highest BCUT2D eigenvalue weighted by Crippen LogP contribution is 2.68. The van der Waals surface area contributed by atoms with Crippen LogP contribution < -0.4 is 0 Å². The van der Waals surface area contributed by atoms with E-state index >= 15 is 0 Å². The Bertz CT molecular complexity index is 866. The summed E-state index contributed by atoms with van der Waals surface area (Å²) in [6.07, 6.45) is 13.3. The molecule has 0 spiro atoms. The molecule has 0 amide bonds. The molecule has 3 saturated carbocycles. The van der Waals surface area contributed by atoms with E-state index in [0.717, 1.165) is 37.8 Å². The highest BCUT2D eigenvalue weighted by Gasteiger charge is 2.65. The third-order valence-electron chi connectivity index (χ3n) is 9.02. The molecule has 0 aromatic carbocycles. The summed E-state index contributed by atoms with van der Waals surface area (Å²) in [5, 5.41) is 9.86. The van der Waals surface area contributed by atoms with Crippen LogP contribution in [0.15, 0.2) is 24.7 Å². The monoisotopic (exact) mass is 380 g/mol. The van der Waals surface area contributed by atoms with Crippen molar-refractivity contribution >= 4 is 17.3 Å². The van der Waals surface area contributed by atoms with Crippen LogP contribution in [0.25, 0.3) is 5.57 Å². The van der Waals surface area contributed by atoms with Crippen LogP contribution in [-0.4, -0.2) is 26.8 Å². The Kier molecular flexibility index (Phi) is 3.85. The summed E-state index contributed by atoms with van der Waals surface area (Å²) in [4.78, 5) is 33.4. The molecule has 1 N–H and O–H groups in total. The SMILES string of the molecule is C[C@]12C(C(=O)O)C(=O)C[C@@H]1CC[C@@H]1[C@@H]2CC[C@]2(C)C(c3cnccn3)=CC[C@@H]12. The van der Waals surface area contributed by atoms with Crippen molar-refractivity contribution in [2.45, 2.75) is 52.4 Å². The first-order chi connectivity index (χ1) is 13.4. The topological polar surface area (TPSA) is 80.1 Å². The third-order valence-corrected chi connectivity index (χ3v) is 9.02. The van der Waals surface area contributed by atoms with Gasteiger partial charge < -0.3 is 5.11 Å². The van der Waals surface area contributed by atoms with E-state index < -0.39 is 11.9 Å². The van der Waals surface area contributed by atoms with Crippen LogP contribution >= 0.6 is 0 Å². The minimum atomic E-state index is -0.909. The lowest BCUT2D eigenvalue weighted by Gasteiger charge is -2.57. The fraction of sp³-hybridized carbons (Fsp3) is 0.652. The van der Waals surface area contributed by atoms with Crippen molar-refractivity contribution in [2.24, 2.45) is 40.4 Å². The molecule has 1 aromatic rings. The Labute approximate surface area is 165 Å². The van der Waals surface area contributed by atoms with E-state index in [1.807, 2.05) is 6.20 Å². The van der Waals surface area contributed by atoms with Crippen molar-refractivity contribution < 1.29 is 14.7 Å². The Morgan fingerprint density at radius 3 is 2.71 bits per heavy atom. The van der Waals surface area contributed by atoms with Crippen molar-refractivity contribution in [3.63, 3.8) is 0 Å². The first-order valence-electron chi connectivity index (χ1n) is 10.6. The lowest BCUT2D eigenvalue weighted by molar-refractivity contribution is -0.157. The number of carbonyl (C=O) groups excluding carboxylic acids is 1. The van der Waals surface area contributed by atoms with Crippen LogP contribution in [0.1, 0.15) is 58.1 Å². The second-order valence-electron chi connectivity index (χ2n) is 9.86. The molecule has 0 bridgehead atoms. The molecular weight excluding hydrogens is 352 g/mol. The number of carboxylic acids is 1. The van der Waals surface area contributed by atoms with Gasteiger partial charge in [-0.1, -0.05) is 19.9 Å². The number of ketones is 1. The van der Waals surface area contributed by atoms with E-state index in [1.165, 1.54) is 5.57 Å². The first kappa shape index (κ1) is 18.0. The summed E-state index contributed by atoms with van der Waals surface area (Å²) in [5.41, 5.74) is 1.98. The number of aromatic nitrogens is 2. The number of hydrogen-bond acceptors (Lipinski definition) is 4. The molecule has 5 heteroatoms. The smallest absolute Gasteiger partial charge is 0.314 e. The standard InChI is InChI=1S/C23H28N2O3/c1-22-8-7-16-14(15(22)5-6-17(22)18-12-24-9-10-25-18)4-3-13-11-19(26)20(21(27)28)23(13,16)2/h6,9-10,12-16,20H,3-5,7-8,11H2,1-2H3,(H,27,28)/t13-,14-,15-,16-,20?,22-,23-/m0/s1. The van der Waals surface area contributed by atoms with Crippen LogP contribution in [0.2, 0.25) is 0 Å². The number of Topliss-reactive ketones (excluding diaryl/α,β-unsaturated/α-hetero) is 1. The summed E-state index contributed by atoms with van der Waals surface area (Å²) in [6, 6.07) is 0. The Hall–Kier alpha value is -2.04. The summed E-state index contributed by atoms with van der Waals surface area (Å²) < 4.78 is 0. The maximum atomic E-state index is 12.6. The average Bonchev–Trinajstić information content (AvgIpc) is 3.15. The van der Waals surface area contributed by atoms with Gasteiger partial charge in [0.2, 0.25) is 0 Å². The molecule has 0 aliphatic heterocycles. The van der Waals surface area contributed by atoms with Gasteiger partial charge in [-0.3, -0.25) is 19.6 Å². The van der Waals surface area contributed by atoms with Crippen molar-refractivity contribution in [3.05, 3.63) is 30.4 Å². The minimum Gasteiger partial charge on any atom is -0.481 e. The number of aliphatic carboxylic acids is 1. The van der Waals surface area contributed by atoms with Crippen molar-refractivity contribution in [1.29, 1.82) is 0 Å². The molecule has 1 unspecified atom stereocenters. The normalized spacial score (nSPS) is 44.4. The number of carbonyl (C=O) groups is 2. The second kappa shape index (κ2) is 5.98. The number of carboxylic acid groups (broad SMARTS) is 1. The van der Waals surface area contributed by atoms with Crippen LogP contribution in [0.4, 0.5) is 0 Å². The van der Waals surface area contributed by atoms with Crippen LogP contribution in [0, 0.1) is 40.4 Å². The number of fused-ring (bicyclic) bond motifs is 5. The molecule has 3 fully saturated rings. The molecule has 0 saturated heterocycles. The first-order valence-corrected chi connectivity index (χ1v) is 10.6. The molecule has 0 radical (unpaired) electrons. The summed E-state index contributed by atoms with van der Waals surface area (Å²) in [7, 11) is 0. The number of rotatable bonds is 2. The van der Waals surface area contributed by atoms with Crippen LogP contribution in [0.3, 0.4) is 0 Å². The van der Waals surface area contributed by atoms with Crippen LogP contribution in [-0.2, 0) is 9.59 Å². The highest BCUT2D eigenvalue weighted by atomic mass is 16.4. The van der Waals surface area contributed by atoms with Crippen molar-refractivity contribution in [2.75, 3.05) is 0 Å². The van der Waals surface area contributed by atoms with Crippen LogP contribution in [0.5, 0.6) is 0 Å². The fourth-order valence-electron chi connectivity index (χ4n) is 7.76. The summed E-state index contributed by atoms with van der Waals surface area (Å²) in [5.74, 6) is -0.215. The second-order valence-corrected chi connectivity index (χ2v) is 9.86. The van der Waals surface area contributed by atoms with Gasteiger partial charge in [-0.25, -0.2) is 0 Å². The van der Waals surface area contributed by atoms with Gasteiger partial charge in [0.25, 0.3) is 0 Å². The molecule has 1 heterocycles. The van der Waals surface area contributed by atoms with Crippen molar-refractivity contribution in [3.8, 4) is 0 Å². The van der Waals surface area contributed by atoms with E-state index in [9.17, 15) is 14.7 Å². The van der Waals surface area contributed by atoms with E-state index in [4.69, 9.17) is 0 Å². The van der Waals surface area contributed by atoms with Gasteiger partial charge in [0.05, 0.1) is 11.9 Å². The molecule has 5 rings (SSSR count). The summed E-state index contributed by atoms with van der Waals surface area (Å²) in [6.45, 7) is 4.48. The highest BCUT2D eigenvalue weighted by molar-refractivity contribution is 6.01. The molecule has 4 aliphatic carbocycles. The van der Waals surface area contributed by atoms with Gasteiger partial charge >= 0.3 is 5.97 Å². The van der Waals surface area contributed by atoms with E-state index in [1.54, 1.807) is 12.4 Å². The average molecular weight is 380 g/mol. The lowest BCUT2D eigenvalue weighted by atomic mass is 9.46. The number of nitrogens with zero attached hydrogens (tertiary/aromatic N) is 2. The molecule has 4 aliphatic rings. The van der Waals surface area contributed by atoms with E-state index in [-0.39, 0.29) is 22.5 Å². The Morgan fingerprint density at radius 2 is 2.00 bits per heavy atom. The van der Waals surface area contributed by atoms with Gasteiger partial charge in [0.15, 0.2) is 0 Å². The number of allylic oxidation sites excluding steroid dienone is 2. The molecule has 1 aromatic heterocycles. The Morgan fingerprint density at radius 1 is 1.18 bits per heavy atom. The minimum absolute atomic E-state index is 0.0428. The molecule has 5 nitrogen and oxygen atoms in total. The van der Waals surface area contributed by atoms with Gasteiger partial charge in [0.1, 0.15) is 11.7 Å². The molecule has 7 atom stereocenters. The zero-order chi connectivity index (χ0) is 19.7. The predicted molar refractivity (Wildman–Crippen MR) is 104 cm³/mol.